The van der Waals surface area contributed by atoms with Gasteiger partial charge in [0.05, 0.1) is 6.54 Å². The van der Waals surface area contributed by atoms with Crippen LogP contribution in [0.15, 0.2) is 34.9 Å². The van der Waals surface area contributed by atoms with Crippen LogP contribution in [-0.2, 0) is 13.0 Å². The third-order valence-electron chi connectivity index (χ3n) is 4.65. The zero-order valence-electron chi connectivity index (χ0n) is 14.1. The van der Waals surface area contributed by atoms with Crippen molar-refractivity contribution in [3.63, 3.8) is 0 Å². The lowest BCUT2D eigenvalue weighted by molar-refractivity contribution is 0.112. The molecule has 0 radical (unpaired) electrons. The highest BCUT2D eigenvalue weighted by Crippen LogP contribution is 2.18. The minimum atomic E-state index is 0.605. The Balaban J connectivity index is 1.65. The molecule has 0 unspecified atom stereocenters. The fourth-order valence-corrected chi connectivity index (χ4v) is 3.26. The van der Waals surface area contributed by atoms with E-state index in [4.69, 9.17) is 4.52 Å². The predicted octanol–water partition coefficient (Wildman–Crippen LogP) is 2.52. The van der Waals surface area contributed by atoms with Gasteiger partial charge in [-0.25, -0.2) is 0 Å². The first-order valence-electron chi connectivity index (χ1n) is 8.46. The molecular weight excluding hydrogens is 288 g/mol. The number of hydrogen-bond donors (Lipinski definition) is 0. The molecule has 0 atom stereocenters. The maximum Gasteiger partial charge on any atom is 0.223 e. The molecule has 1 aliphatic heterocycles. The van der Waals surface area contributed by atoms with Gasteiger partial charge in [0.25, 0.3) is 0 Å². The largest absolute Gasteiger partial charge is 0.340 e. The van der Waals surface area contributed by atoms with Gasteiger partial charge >= 0.3 is 0 Å². The van der Waals surface area contributed by atoms with Gasteiger partial charge in [-0.15, -0.1) is 0 Å². The molecule has 2 heterocycles. The average molecular weight is 314 g/mol. The van der Waals surface area contributed by atoms with Crippen molar-refractivity contribution in [2.45, 2.75) is 38.8 Å². The number of likely N-dealkylation sites (tertiary alicyclic amines) is 1. The van der Waals surface area contributed by atoms with Crippen molar-refractivity contribution in [3.8, 4) is 0 Å². The molecule has 124 valence electrons. The standard InChI is InChI=1S/C18H26N4O/c1-15-19-18(20-23-15)14-22(17-9-11-21(2)12-10-17)13-8-16-6-4-3-5-7-16/h3-7,17H,8-14H2,1-2H3. The topological polar surface area (TPSA) is 45.4 Å². The summed E-state index contributed by atoms with van der Waals surface area (Å²) in [4.78, 5) is 9.32. The molecule has 1 fully saturated rings. The summed E-state index contributed by atoms with van der Waals surface area (Å²) in [5.74, 6) is 1.45. The third kappa shape index (κ3) is 4.62. The van der Waals surface area contributed by atoms with Crippen LogP contribution in [0.2, 0.25) is 0 Å². The fraction of sp³-hybridized carbons (Fsp3) is 0.556. The second kappa shape index (κ2) is 7.70. The Labute approximate surface area is 138 Å². The van der Waals surface area contributed by atoms with Gasteiger partial charge in [0.1, 0.15) is 0 Å². The highest BCUT2D eigenvalue weighted by Gasteiger charge is 2.24. The second-order valence-electron chi connectivity index (χ2n) is 6.47. The van der Waals surface area contributed by atoms with Crippen molar-refractivity contribution in [1.29, 1.82) is 0 Å². The minimum Gasteiger partial charge on any atom is -0.340 e. The smallest absolute Gasteiger partial charge is 0.223 e. The molecule has 5 heteroatoms. The van der Waals surface area contributed by atoms with Crippen LogP contribution in [0.25, 0.3) is 0 Å². The van der Waals surface area contributed by atoms with Crippen LogP contribution in [0.4, 0.5) is 0 Å². The van der Waals surface area contributed by atoms with E-state index in [9.17, 15) is 0 Å². The molecule has 1 aromatic heterocycles. The molecule has 3 rings (SSSR count). The molecule has 5 nitrogen and oxygen atoms in total. The molecule has 1 aliphatic rings. The SMILES string of the molecule is Cc1nc(CN(CCc2ccccc2)C2CCN(C)CC2)no1. The van der Waals surface area contributed by atoms with Crippen molar-refractivity contribution in [1.82, 2.24) is 19.9 Å². The summed E-state index contributed by atoms with van der Waals surface area (Å²) in [6.45, 7) is 5.99. The number of aryl methyl sites for hydroxylation is 1. The molecule has 0 N–H and O–H groups in total. The number of hydrogen-bond acceptors (Lipinski definition) is 5. The quantitative estimate of drug-likeness (QED) is 0.820. The van der Waals surface area contributed by atoms with Crippen LogP contribution >= 0.6 is 0 Å². The summed E-state index contributed by atoms with van der Waals surface area (Å²) >= 11 is 0. The van der Waals surface area contributed by atoms with E-state index >= 15 is 0 Å². The zero-order chi connectivity index (χ0) is 16.1. The van der Waals surface area contributed by atoms with E-state index in [2.05, 4.69) is 57.3 Å². The van der Waals surface area contributed by atoms with Crippen LogP contribution in [0, 0.1) is 6.92 Å². The Morgan fingerprint density at radius 1 is 1.22 bits per heavy atom. The van der Waals surface area contributed by atoms with Crippen LogP contribution in [0.5, 0.6) is 0 Å². The van der Waals surface area contributed by atoms with Crippen LogP contribution in [-0.4, -0.2) is 52.7 Å². The molecule has 1 saturated heterocycles. The van der Waals surface area contributed by atoms with Crippen molar-refractivity contribution < 1.29 is 4.52 Å². The average Bonchev–Trinajstić information content (AvgIpc) is 2.98. The van der Waals surface area contributed by atoms with E-state index in [1.54, 1.807) is 0 Å². The molecule has 1 aromatic carbocycles. The van der Waals surface area contributed by atoms with E-state index in [-0.39, 0.29) is 0 Å². The normalized spacial score (nSPS) is 17.0. The molecule has 23 heavy (non-hydrogen) atoms. The summed E-state index contributed by atoms with van der Waals surface area (Å²) in [6, 6.07) is 11.3. The number of aromatic nitrogens is 2. The van der Waals surface area contributed by atoms with Crippen LogP contribution in [0.3, 0.4) is 0 Å². The Hall–Kier alpha value is -1.72. The molecule has 0 amide bonds. The summed E-state index contributed by atoms with van der Waals surface area (Å²) in [5, 5.41) is 4.08. The van der Waals surface area contributed by atoms with Crippen molar-refractivity contribution in [3.05, 3.63) is 47.6 Å². The van der Waals surface area contributed by atoms with Crippen molar-refractivity contribution in [2.24, 2.45) is 0 Å². The summed E-state index contributed by atoms with van der Waals surface area (Å²) in [6.07, 6.45) is 3.48. The first-order chi connectivity index (χ1) is 11.2. The Bertz CT molecular complexity index is 590. The van der Waals surface area contributed by atoms with Crippen LogP contribution in [0.1, 0.15) is 30.1 Å². The first-order valence-corrected chi connectivity index (χ1v) is 8.46. The van der Waals surface area contributed by atoms with Crippen LogP contribution < -0.4 is 0 Å². The molecule has 0 aliphatic carbocycles. The Morgan fingerprint density at radius 3 is 2.61 bits per heavy atom. The highest BCUT2D eigenvalue weighted by atomic mass is 16.5. The van der Waals surface area contributed by atoms with Gasteiger partial charge in [-0.3, -0.25) is 4.90 Å². The van der Waals surface area contributed by atoms with Gasteiger partial charge < -0.3 is 9.42 Å². The number of benzene rings is 1. The van der Waals surface area contributed by atoms with E-state index in [0.29, 0.717) is 11.9 Å². The van der Waals surface area contributed by atoms with E-state index < -0.39 is 0 Å². The summed E-state index contributed by atoms with van der Waals surface area (Å²) in [7, 11) is 2.20. The van der Waals surface area contributed by atoms with E-state index in [1.165, 1.54) is 18.4 Å². The zero-order valence-corrected chi connectivity index (χ0v) is 14.1. The minimum absolute atomic E-state index is 0.605. The van der Waals surface area contributed by atoms with Crippen molar-refractivity contribution >= 4 is 0 Å². The number of nitrogens with zero attached hydrogens (tertiary/aromatic N) is 4. The summed E-state index contributed by atoms with van der Waals surface area (Å²) < 4.78 is 5.14. The summed E-state index contributed by atoms with van der Waals surface area (Å²) in [5.41, 5.74) is 1.38. The second-order valence-corrected chi connectivity index (χ2v) is 6.47. The van der Waals surface area contributed by atoms with Crippen molar-refractivity contribution in [2.75, 3.05) is 26.7 Å². The van der Waals surface area contributed by atoms with E-state index in [1.807, 2.05) is 6.92 Å². The lowest BCUT2D eigenvalue weighted by atomic mass is 10.0. The maximum absolute atomic E-state index is 5.14. The lowest BCUT2D eigenvalue weighted by Crippen LogP contribution is -2.44. The third-order valence-corrected chi connectivity index (χ3v) is 4.65. The number of piperidine rings is 1. The van der Waals surface area contributed by atoms with Gasteiger partial charge in [-0.2, -0.15) is 4.98 Å². The lowest BCUT2D eigenvalue weighted by Gasteiger charge is -2.36. The van der Waals surface area contributed by atoms with Gasteiger partial charge in [0, 0.05) is 19.5 Å². The molecule has 0 saturated carbocycles. The Morgan fingerprint density at radius 2 is 1.96 bits per heavy atom. The highest BCUT2D eigenvalue weighted by molar-refractivity contribution is 5.15. The van der Waals surface area contributed by atoms with Gasteiger partial charge in [-0.1, -0.05) is 35.5 Å². The predicted molar refractivity (Wildman–Crippen MR) is 90.1 cm³/mol. The van der Waals surface area contributed by atoms with Gasteiger partial charge in [-0.05, 0) is 45.0 Å². The number of rotatable bonds is 6. The van der Waals surface area contributed by atoms with Gasteiger partial charge in [0.15, 0.2) is 5.82 Å². The molecule has 0 bridgehead atoms. The fourth-order valence-electron chi connectivity index (χ4n) is 3.26. The first kappa shape index (κ1) is 16.1. The molecular formula is C18H26N4O. The Kier molecular flexibility index (Phi) is 5.41. The molecule has 0 spiro atoms. The monoisotopic (exact) mass is 314 g/mol. The maximum atomic E-state index is 5.14. The van der Waals surface area contributed by atoms with E-state index in [0.717, 1.165) is 38.4 Å². The van der Waals surface area contributed by atoms with Gasteiger partial charge in [0.2, 0.25) is 5.89 Å². The molecule has 2 aromatic rings.